The summed E-state index contributed by atoms with van der Waals surface area (Å²) < 4.78 is 0. The number of hydrogen-bond acceptors (Lipinski definition) is 3. The van der Waals surface area contributed by atoms with Gasteiger partial charge in [0.25, 0.3) is 0 Å². The van der Waals surface area contributed by atoms with E-state index in [0.29, 0.717) is 5.56 Å². The van der Waals surface area contributed by atoms with E-state index in [1.807, 2.05) is 13.0 Å². The topological polar surface area (TPSA) is 99.3 Å². The summed E-state index contributed by atoms with van der Waals surface area (Å²) in [5.74, 6) is -0.965. The highest BCUT2D eigenvalue weighted by atomic mass is 16.4. The smallest absolute Gasteiger partial charge is 0.320 e. The molecule has 0 aliphatic heterocycles. The van der Waals surface area contributed by atoms with Crippen molar-refractivity contribution in [2.45, 2.75) is 19.4 Å². The molecule has 90 valence electrons. The number of carboxylic acids is 1. The Morgan fingerprint density at radius 1 is 1.53 bits per heavy atom. The van der Waals surface area contributed by atoms with Crippen LogP contribution in [0.1, 0.15) is 11.1 Å². The van der Waals surface area contributed by atoms with Crippen LogP contribution >= 0.6 is 0 Å². The van der Waals surface area contributed by atoms with E-state index in [4.69, 9.17) is 10.8 Å². The van der Waals surface area contributed by atoms with Crippen LogP contribution in [0.2, 0.25) is 0 Å². The Hall–Kier alpha value is -2.01. The molecule has 1 aromatic carbocycles. The SMILES string of the molecule is Cc1c[nH]c2ccc(CC(N)C(=O)O)c(O)c12. The number of carbonyl (C=O) groups is 1. The molecule has 5 heteroatoms. The van der Waals surface area contributed by atoms with Gasteiger partial charge in [-0.3, -0.25) is 4.79 Å². The molecule has 5 nitrogen and oxygen atoms in total. The molecule has 2 rings (SSSR count). The molecule has 2 aromatic rings. The summed E-state index contributed by atoms with van der Waals surface area (Å²) in [6, 6.07) is 2.50. The lowest BCUT2D eigenvalue weighted by Gasteiger charge is -2.09. The number of aromatic amines is 1. The first-order chi connectivity index (χ1) is 8.00. The molecule has 0 aliphatic rings. The molecule has 0 amide bonds. The molecule has 0 aliphatic carbocycles. The van der Waals surface area contributed by atoms with Crippen LogP contribution in [-0.2, 0) is 11.2 Å². The molecule has 1 aromatic heterocycles. The minimum absolute atomic E-state index is 0.109. The van der Waals surface area contributed by atoms with Crippen molar-refractivity contribution in [1.82, 2.24) is 4.98 Å². The number of carboxylic acid groups (broad SMARTS) is 1. The average Bonchev–Trinajstić information content (AvgIpc) is 2.64. The molecule has 0 spiro atoms. The number of phenols is 1. The second kappa shape index (κ2) is 4.10. The number of aliphatic carboxylic acids is 1. The monoisotopic (exact) mass is 234 g/mol. The maximum Gasteiger partial charge on any atom is 0.320 e. The zero-order valence-electron chi connectivity index (χ0n) is 9.40. The van der Waals surface area contributed by atoms with Gasteiger partial charge in [0.15, 0.2) is 0 Å². The second-order valence-electron chi connectivity index (χ2n) is 4.12. The maximum atomic E-state index is 10.7. The molecular weight excluding hydrogens is 220 g/mol. The van der Waals surface area contributed by atoms with E-state index in [1.165, 1.54) is 0 Å². The van der Waals surface area contributed by atoms with Crippen LogP contribution < -0.4 is 5.73 Å². The van der Waals surface area contributed by atoms with Crippen molar-refractivity contribution in [3.63, 3.8) is 0 Å². The standard InChI is InChI=1S/C12H14N2O3/c1-6-5-14-9-3-2-7(11(15)10(6)9)4-8(13)12(16)17/h2-3,5,8,14-15H,4,13H2,1H3,(H,16,17). The Balaban J connectivity index is 2.45. The number of aryl methyl sites for hydroxylation is 1. The van der Waals surface area contributed by atoms with E-state index >= 15 is 0 Å². The largest absolute Gasteiger partial charge is 0.507 e. The number of phenolic OH excluding ortho intramolecular Hbond substituents is 1. The summed E-state index contributed by atoms with van der Waals surface area (Å²) >= 11 is 0. The zero-order chi connectivity index (χ0) is 12.6. The second-order valence-corrected chi connectivity index (χ2v) is 4.12. The van der Waals surface area contributed by atoms with Gasteiger partial charge in [-0.15, -0.1) is 0 Å². The summed E-state index contributed by atoms with van der Waals surface area (Å²) in [5.41, 5.74) is 7.75. The fourth-order valence-corrected chi connectivity index (χ4v) is 1.90. The van der Waals surface area contributed by atoms with Crippen molar-refractivity contribution < 1.29 is 15.0 Å². The van der Waals surface area contributed by atoms with E-state index in [0.717, 1.165) is 16.5 Å². The Kier molecular flexibility index (Phi) is 2.77. The van der Waals surface area contributed by atoms with Crippen molar-refractivity contribution in [1.29, 1.82) is 0 Å². The molecule has 0 fully saturated rings. The first-order valence-corrected chi connectivity index (χ1v) is 5.27. The lowest BCUT2D eigenvalue weighted by molar-refractivity contribution is -0.138. The summed E-state index contributed by atoms with van der Waals surface area (Å²) in [6.07, 6.45) is 1.91. The van der Waals surface area contributed by atoms with Crippen LogP contribution in [0.15, 0.2) is 18.3 Å². The number of rotatable bonds is 3. The van der Waals surface area contributed by atoms with Gasteiger partial charge in [-0.25, -0.2) is 0 Å². The molecule has 1 atom stereocenters. The lowest BCUT2D eigenvalue weighted by atomic mass is 10.0. The van der Waals surface area contributed by atoms with Gasteiger partial charge in [0.05, 0.1) is 0 Å². The maximum absolute atomic E-state index is 10.7. The summed E-state index contributed by atoms with van der Waals surface area (Å²) in [4.78, 5) is 13.7. The van der Waals surface area contributed by atoms with E-state index in [9.17, 15) is 9.90 Å². The van der Waals surface area contributed by atoms with Crippen LogP contribution in [0.4, 0.5) is 0 Å². The highest BCUT2D eigenvalue weighted by Gasteiger charge is 2.16. The van der Waals surface area contributed by atoms with Crippen molar-refractivity contribution >= 4 is 16.9 Å². The number of benzene rings is 1. The minimum Gasteiger partial charge on any atom is -0.507 e. The average molecular weight is 234 g/mol. The van der Waals surface area contributed by atoms with Gasteiger partial charge in [0.1, 0.15) is 11.8 Å². The number of hydrogen-bond donors (Lipinski definition) is 4. The first-order valence-electron chi connectivity index (χ1n) is 5.27. The molecule has 1 unspecified atom stereocenters. The number of aromatic nitrogens is 1. The minimum atomic E-state index is -1.07. The van der Waals surface area contributed by atoms with E-state index < -0.39 is 12.0 Å². The number of H-pyrrole nitrogens is 1. The van der Waals surface area contributed by atoms with Gasteiger partial charge >= 0.3 is 5.97 Å². The molecule has 17 heavy (non-hydrogen) atoms. The number of fused-ring (bicyclic) bond motifs is 1. The van der Waals surface area contributed by atoms with Gasteiger partial charge in [0, 0.05) is 23.5 Å². The van der Waals surface area contributed by atoms with Crippen molar-refractivity contribution in [2.75, 3.05) is 0 Å². The van der Waals surface area contributed by atoms with Gasteiger partial charge < -0.3 is 20.9 Å². The Morgan fingerprint density at radius 2 is 2.24 bits per heavy atom. The lowest BCUT2D eigenvalue weighted by Crippen LogP contribution is -2.32. The molecule has 5 N–H and O–H groups in total. The summed E-state index contributed by atoms with van der Waals surface area (Å²) in [6.45, 7) is 1.87. The molecule has 1 heterocycles. The zero-order valence-corrected chi connectivity index (χ0v) is 9.40. The van der Waals surface area contributed by atoms with Crippen molar-refractivity contribution in [3.05, 3.63) is 29.5 Å². The van der Waals surface area contributed by atoms with Gasteiger partial charge in [-0.1, -0.05) is 6.07 Å². The van der Waals surface area contributed by atoms with Gasteiger partial charge in [-0.05, 0) is 24.1 Å². The fraction of sp³-hybridized carbons (Fsp3) is 0.250. The summed E-state index contributed by atoms with van der Waals surface area (Å²) in [5, 5.41) is 19.6. The van der Waals surface area contributed by atoms with Gasteiger partial charge in [0.2, 0.25) is 0 Å². The van der Waals surface area contributed by atoms with Crippen LogP contribution in [0.5, 0.6) is 5.75 Å². The van der Waals surface area contributed by atoms with Crippen LogP contribution in [-0.4, -0.2) is 27.2 Å². The third kappa shape index (κ3) is 1.97. The highest BCUT2D eigenvalue weighted by Crippen LogP contribution is 2.31. The van der Waals surface area contributed by atoms with Crippen LogP contribution in [0.25, 0.3) is 10.9 Å². The predicted molar refractivity (Wildman–Crippen MR) is 64.0 cm³/mol. The van der Waals surface area contributed by atoms with E-state index in [-0.39, 0.29) is 12.2 Å². The fourth-order valence-electron chi connectivity index (χ4n) is 1.90. The summed E-state index contributed by atoms with van der Waals surface area (Å²) in [7, 11) is 0. The number of nitrogens with one attached hydrogen (secondary N) is 1. The third-order valence-electron chi connectivity index (χ3n) is 2.86. The molecular formula is C12H14N2O3. The quantitative estimate of drug-likeness (QED) is 0.639. The van der Waals surface area contributed by atoms with Crippen LogP contribution in [0.3, 0.4) is 0 Å². The molecule has 0 radical (unpaired) electrons. The molecule has 0 saturated carbocycles. The normalized spacial score (nSPS) is 12.8. The van der Waals surface area contributed by atoms with Crippen molar-refractivity contribution in [2.24, 2.45) is 5.73 Å². The predicted octanol–water partition coefficient (Wildman–Crippen LogP) is 1.14. The molecule has 0 bridgehead atoms. The Labute approximate surface area is 97.9 Å². The Morgan fingerprint density at radius 3 is 2.88 bits per heavy atom. The number of aromatic hydroxyl groups is 1. The van der Waals surface area contributed by atoms with E-state index in [1.54, 1.807) is 12.3 Å². The molecule has 0 saturated heterocycles. The van der Waals surface area contributed by atoms with E-state index in [2.05, 4.69) is 4.98 Å². The number of nitrogens with two attached hydrogens (primary N) is 1. The van der Waals surface area contributed by atoms with Gasteiger partial charge in [-0.2, -0.15) is 0 Å². The first kappa shape index (κ1) is 11.5. The third-order valence-corrected chi connectivity index (χ3v) is 2.86. The van der Waals surface area contributed by atoms with Crippen LogP contribution in [0, 0.1) is 6.92 Å². The highest BCUT2D eigenvalue weighted by molar-refractivity contribution is 5.90. The van der Waals surface area contributed by atoms with Crippen molar-refractivity contribution in [3.8, 4) is 5.75 Å². The Bertz CT molecular complexity index is 574.